The summed E-state index contributed by atoms with van der Waals surface area (Å²) in [7, 11) is 1.12. The van der Waals surface area contributed by atoms with Gasteiger partial charge in [0.25, 0.3) is 0 Å². The van der Waals surface area contributed by atoms with Crippen molar-refractivity contribution in [2.45, 2.75) is 6.04 Å². The highest BCUT2D eigenvalue weighted by Crippen LogP contribution is 2.19. The second kappa shape index (κ2) is 8.16. The maximum absolute atomic E-state index is 13.9. The average molecular weight is 334 g/mol. The summed E-state index contributed by atoms with van der Waals surface area (Å²) in [5.41, 5.74) is 0.352. The minimum atomic E-state index is -1.30. The fourth-order valence-electron chi connectivity index (χ4n) is 2.10. The Hall–Kier alpha value is -2.80. The number of hydrogen-bond donors (Lipinski definition) is 2. The number of rotatable bonds is 6. The van der Waals surface area contributed by atoms with Gasteiger partial charge < -0.3 is 10.1 Å². The van der Waals surface area contributed by atoms with E-state index < -0.39 is 29.6 Å². The number of anilines is 1. The molecule has 0 spiro atoms. The van der Waals surface area contributed by atoms with Gasteiger partial charge in [0.05, 0.1) is 13.7 Å². The molecule has 2 aromatic rings. The molecule has 0 radical (unpaired) electrons. The Morgan fingerprint density at radius 2 is 1.83 bits per heavy atom. The van der Waals surface area contributed by atoms with E-state index in [9.17, 15) is 18.4 Å². The third-order valence-corrected chi connectivity index (χ3v) is 3.23. The van der Waals surface area contributed by atoms with Gasteiger partial charge in [-0.15, -0.1) is 0 Å². The summed E-state index contributed by atoms with van der Waals surface area (Å²) in [4.78, 5) is 23.8. The second-order valence-corrected chi connectivity index (χ2v) is 4.92. The summed E-state index contributed by atoms with van der Waals surface area (Å²) < 4.78 is 31.8. The summed E-state index contributed by atoms with van der Waals surface area (Å²) in [5, 5.41) is 5.19. The maximum Gasteiger partial charge on any atom is 0.327 e. The molecule has 0 aliphatic carbocycles. The first kappa shape index (κ1) is 17.6. The van der Waals surface area contributed by atoms with Crippen LogP contribution >= 0.6 is 0 Å². The molecule has 2 N–H and O–H groups in total. The number of amides is 1. The topological polar surface area (TPSA) is 67.4 Å². The number of methoxy groups -OCH3 is 1. The Morgan fingerprint density at radius 3 is 2.50 bits per heavy atom. The minimum Gasteiger partial charge on any atom is -0.468 e. The van der Waals surface area contributed by atoms with Crippen molar-refractivity contribution in [3.63, 3.8) is 0 Å². The van der Waals surface area contributed by atoms with Gasteiger partial charge in [-0.1, -0.05) is 18.2 Å². The smallest absolute Gasteiger partial charge is 0.327 e. The quantitative estimate of drug-likeness (QED) is 0.796. The SMILES string of the molecule is COC(=O)[C@@H](NCC(=O)Nc1ccccc1)c1cc(F)ccc1F. The molecule has 0 aliphatic heterocycles. The molecular formula is C17H16F2N2O3. The summed E-state index contributed by atoms with van der Waals surface area (Å²) in [6.45, 7) is -0.287. The highest BCUT2D eigenvalue weighted by Gasteiger charge is 2.25. The predicted octanol–water partition coefficient (Wildman–Crippen LogP) is 2.41. The summed E-state index contributed by atoms with van der Waals surface area (Å²) in [6, 6.07) is 10.1. The van der Waals surface area contributed by atoms with Crippen molar-refractivity contribution in [1.82, 2.24) is 5.32 Å². The van der Waals surface area contributed by atoms with Crippen LogP contribution in [0.15, 0.2) is 48.5 Å². The molecule has 0 saturated heterocycles. The van der Waals surface area contributed by atoms with E-state index in [1.165, 1.54) is 0 Å². The molecule has 1 amide bonds. The fourth-order valence-corrected chi connectivity index (χ4v) is 2.10. The Labute approximate surface area is 137 Å². The van der Waals surface area contributed by atoms with Crippen LogP contribution in [-0.4, -0.2) is 25.5 Å². The van der Waals surface area contributed by atoms with Crippen LogP contribution in [0.25, 0.3) is 0 Å². The van der Waals surface area contributed by atoms with Crippen LogP contribution in [0, 0.1) is 11.6 Å². The van der Waals surface area contributed by atoms with E-state index in [4.69, 9.17) is 0 Å². The van der Waals surface area contributed by atoms with Crippen molar-refractivity contribution in [1.29, 1.82) is 0 Å². The van der Waals surface area contributed by atoms with Gasteiger partial charge in [0.2, 0.25) is 5.91 Å². The van der Waals surface area contributed by atoms with Gasteiger partial charge in [0.15, 0.2) is 0 Å². The Kier molecular flexibility index (Phi) is 5.97. The number of carbonyl (C=O) groups is 2. The number of carbonyl (C=O) groups excluding carboxylic acids is 2. The number of hydrogen-bond acceptors (Lipinski definition) is 4. The van der Waals surface area contributed by atoms with Gasteiger partial charge in [-0.3, -0.25) is 10.1 Å². The average Bonchev–Trinajstić information content (AvgIpc) is 2.58. The van der Waals surface area contributed by atoms with Crippen molar-refractivity contribution in [2.24, 2.45) is 0 Å². The van der Waals surface area contributed by atoms with Crippen molar-refractivity contribution in [3.05, 3.63) is 65.7 Å². The number of halogens is 2. The van der Waals surface area contributed by atoms with Crippen molar-refractivity contribution in [3.8, 4) is 0 Å². The normalized spacial score (nSPS) is 11.6. The zero-order chi connectivity index (χ0) is 17.5. The highest BCUT2D eigenvalue weighted by molar-refractivity contribution is 5.92. The number of para-hydroxylation sites is 1. The van der Waals surface area contributed by atoms with E-state index in [0.29, 0.717) is 5.69 Å². The first-order valence-electron chi connectivity index (χ1n) is 7.12. The summed E-state index contributed by atoms with van der Waals surface area (Å²) in [5.74, 6) is -2.74. The molecule has 1 atom stereocenters. The molecular weight excluding hydrogens is 318 g/mol. The number of ether oxygens (including phenoxy) is 1. The van der Waals surface area contributed by atoms with Crippen molar-refractivity contribution >= 4 is 17.6 Å². The van der Waals surface area contributed by atoms with Crippen LogP contribution in [0.2, 0.25) is 0 Å². The molecule has 0 aromatic heterocycles. The zero-order valence-electron chi connectivity index (χ0n) is 12.9. The first-order valence-corrected chi connectivity index (χ1v) is 7.12. The molecule has 126 valence electrons. The van der Waals surface area contributed by atoms with Gasteiger partial charge in [0.1, 0.15) is 17.7 Å². The third-order valence-electron chi connectivity index (χ3n) is 3.23. The van der Waals surface area contributed by atoms with Gasteiger partial charge >= 0.3 is 5.97 Å². The first-order chi connectivity index (χ1) is 11.5. The molecule has 5 nitrogen and oxygen atoms in total. The second-order valence-electron chi connectivity index (χ2n) is 4.92. The van der Waals surface area contributed by atoms with Crippen LogP contribution in [-0.2, 0) is 14.3 Å². The maximum atomic E-state index is 13.9. The molecule has 2 rings (SSSR count). The van der Waals surface area contributed by atoms with E-state index in [0.717, 1.165) is 25.3 Å². The van der Waals surface area contributed by atoms with Gasteiger partial charge in [0, 0.05) is 11.3 Å². The van der Waals surface area contributed by atoms with E-state index in [1.807, 2.05) is 0 Å². The van der Waals surface area contributed by atoms with Crippen LogP contribution in [0.5, 0.6) is 0 Å². The van der Waals surface area contributed by atoms with Crippen LogP contribution < -0.4 is 10.6 Å². The van der Waals surface area contributed by atoms with Gasteiger partial charge in [-0.25, -0.2) is 13.6 Å². The summed E-state index contributed by atoms with van der Waals surface area (Å²) >= 11 is 0. The lowest BCUT2D eigenvalue weighted by Gasteiger charge is -2.17. The van der Waals surface area contributed by atoms with Gasteiger partial charge in [-0.2, -0.15) is 0 Å². The lowest BCUT2D eigenvalue weighted by atomic mass is 10.1. The van der Waals surface area contributed by atoms with E-state index in [-0.39, 0.29) is 12.1 Å². The van der Waals surface area contributed by atoms with Crippen LogP contribution in [0.3, 0.4) is 0 Å². The van der Waals surface area contributed by atoms with Gasteiger partial charge in [-0.05, 0) is 30.3 Å². The number of benzene rings is 2. The largest absolute Gasteiger partial charge is 0.468 e. The monoisotopic (exact) mass is 334 g/mol. The summed E-state index contributed by atoms with van der Waals surface area (Å²) in [6.07, 6.45) is 0. The Morgan fingerprint density at radius 1 is 1.12 bits per heavy atom. The van der Waals surface area contributed by atoms with E-state index in [2.05, 4.69) is 15.4 Å². The van der Waals surface area contributed by atoms with Crippen molar-refractivity contribution < 1.29 is 23.1 Å². The molecule has 0 heterocycles. The van der Waals surface area contributed by atoms with E-state index in [1.54, 1.807) is 30.3 Å². The zero-order valence-corrected chi connectivity index (χ0v) is 12.9. The third kappa shape index (κ3) is 4.60. The highest BCUT2D eigenvalue weighted by atomic mass is 19.1. The van der Waals surface area contributed by atoms with E-state index >= 15 is 0 Å². The lowest BCUT2D eigenvalue weighted by Crippen LogP contribution is -2.36. The molecule has 0 saturated carbocycles. The van der Waals surface area contributed by atoms with Crippen LogP contribution in [0.1, 0.15) is 11.6 Å². The fraction of sp³-hybridized carbons (Fsp3) is 0.176. The molecule has 24 heavy (non-hydrogen) atoms. The number of esters is 1. The molecule has 0 fully saturated rings. The predicted molar refractivity (Wildman–Crippen MR) is 84.2 cm³/mol. The molecule has 0 bridgehead atoms. The molecule has 0 aliphatic rings. The Balaban J connectivity index is 2.08. The molecule has 2 aromatic carbocycles. The Bertz CT molecular complexity index is 723. The number of nitrogens with one attached hydrogen (secondary N) is 2. The standard InChI is InChI=1S/C17H16F2N2O3/c1-24-17(23)16(13-9-11(18)7-8-14(13)19)20-10-15(22)21-12-5-3-2-4-6-12/h2-9,16,20H,10H2,1H3,(H,21,22)/t16-/m0/s1. The minimum absolute atomic E-state index is 0.227. The molecule has 0 unspecified atom stereocenters. The van der Waals surface area contributed by atoms with Crippen LogP contribution in [0.4, 0.5) is 14.5 Å². The molecule has 7 heteroatoms. The lowest BCUT2D eigenvalue weighted by molar-refractivity contribution is -0.143. The van der Waals surface area contributed by atoms with Crippen molar-refractivity contribution in [2.75, 3.05) is 19.0 Å².